The van der Waals surface area contributed by atoms with Crippen LogP contribution < -0.4 is 20.1 Å². The quantitative estimate of drug-likeness (QED) is 0.816. The van der Waals surface area contributed by atoms with Crippen molar-refractivity contribution in [1.82, 2.24) is 10.6 Å². The fourth-order valence-electron chi connectivity index (χ4n) is 2.54. The zero-order chi connectivity index (χ0) is 17.6. The predicted molar refractivity (Wildman–Crippen MR) is 92.3 cm³/mol. The molecule has 0 radical (unpaired) electrons. The maximum absolute atomic E-state index is 11.9. The molecule has 0 aromatic heterocycles. The van der Waals surface area contributed by atoms with E-state index in [0.29, 0.717) is 18.0 Å². The number of amides is 2. The van der Waals surface area contributed by atoms with Gasteiger partial charge in [-0.1, -0.05) is 43.3 Å². The first-order valence-corrected chi connectivity index (χ1v) is 8.13. The molecule has 0 spiro atoms. The van der Waals surface area contributed by atoms with Crippen molar-refractivity contribution in [3.05, 3.63) is 59.7 Å². The smallest absolute Gasteiger partial charge is 0.309 e. The Morgan fingerprint density at radius 3 is 2.52 bits per heavy atom. The van der Waals surface area contributed by atoms with Crippen molar-refractivity contribution in [3.63, 3.8) is 0 Å². The molecule has 0 saturated carbocycles. The number of carbonyl (C=O) groups excluding carboxylic acids is 2. The van der Waals surface area contributed by atoms with E-state index < -0.39 is 11.8 Å². The summed E-state index contributed by atoms with van der Waals surface area (Å²) in [5.41, 5.74) is 1.95. The second-order valence-electron chi connectivity index (χ2n) is 5.89. The Hall–Kier alpha value is -3.02. The maximum Gasteiger partial charge on any atom is 0.309 e. The monoisotopic (exact) mass is 340 g/mol. The third-order valence-electron chi connectivity index (χ3n) is 4.03. The van der Waals surface area contributed by atoms with Gasteiger partial charge in [-0.05, 0) is 29.2 Å². The lowest BCUT2D eigenvalue weighted by Crippen LogP contribution is -2.40. The number of nitrogens with one attached hydrogen (secondary N) is 2. The molecule has 3 rings (SSSR count). The Bertz CT molecular complexity index is 761. The highest BCUT2D eigenvalue weighted by Gasteiger charge is 2.16. The van der Waals surface area contributed by atoms with E-state index in [1.165, 1.54) is 0 Å². The van der Waals surface area contributed by atoms with Gasteiger partial charge >= 0.3 is 11.8 Å². The number of ether oxygens (including phenoxy) is 2. The largest absolute Gasteiger partial charge is 0.454 e. The van der Waals surface area contributed by atoms with Crippen molar-refractivity contribution in [2.24, 2.45) is 0 Å². The van der Waals surface area contributed by atoms with Crippen molar-refractivity contribution < 1.29 is 19.1 Å². The van der Waals surface area contributed by atoms with Crippen LogP contribution in [-0.2, 0) is 16.1 Å². The summed E-state index contributed by atoms with van der Waals surface area (Å²) in [4.78, 5) is 23.8. The zero-order valence-corrected chi connectivity index (χ0v) is 14.0. The van der Waals surface area contributed by atoms with Crippen LogP contribution in [0.15, 0.2) is 48.5 Å². The first-order valence-electron chi connectivity index (χ1n) is 8.13. The number of carbonyl (C=O) groups is 2. The fourth-order valence-corrected chi connectivity index (χ4v) is 2.54. The van der Waals surface area contributed by atoms with Gasteiger partial charge in [-0.2, -0.15) is 0 Å². The van der Waals surface area contributed by atoms with Crippen molar-refractivity contribution in [2.45, 2.75) is 19.4 Å². The average Bonchev–Trinajstić information content (AvgIpc) is 3.12. The van der Waals surface area contributed by atoms with Gasteiger partial charge in [0, 0.05) is 13.1 Å². The van der Waals surface area contributed by atoms with Crippen molar-refractivity contribution >= 4 is 11.8 Å². The molecule has 0 saturated heterocycles. The summed E-state index contributed by atoms with van der Waals surface area (Å²) in [5, 5.41) is 5.27. The van der Waals surface area contributed by atoms with E-state index >= 15 is 0 Å². The SMILES string of the molecule is C[C@H](CNC(=O)C(=O)NCc1ccc2c(c1)OCO2)c1ccccc1. The second kappa shape index (κ2) is 7.70. The topological polar surface area (TPSA) is 76.7 Å². The van der Waals surface area contributed by atoms with Gasteiger partial charge in [-0.3, -0.25) is 9.59 Å². The summed E-state index contributed by atoms with van der Waals surface area (Å²) in [5.74, 6) is 0.170. The number of hydrogen-bond acceptors (Lipinski definition) is 4. The van der Waals surface area contributed by atoms with E-state index in [4.69, 9.17) is 9.47 Å². The minimum atomic E-state index is -0.655. The lowest BCUT2D eigenvalue weighted by Gasteiger charge is -2.13. The van der Waals surface area contributed by atoms with Crippen molar-refractivity contribution in [2.75, 3.05) is 13.3 Å². The normalized spacial score (nSPS) is 13.2. The van der Waals surface area contributed by atoms with Gasteiger partial charge in [0.25, 0.3) is 0 Å². The Morgan fingerprint density at radius 2 is 1.72 bits per heavy atom. The highest BCUT2D eigenvalue weighted by atomic mass is 16.7. The van der Waals surface area contributed by atoms with E-state index in [2.05, 4.69) is 10.6 Å². The van der Waals surface area contributed by atoms with Gasteiger partial charge in [-0.15, -0.1) is 0 Å². The molecule has 130 valence electrons. The molecule has 0 aliphatic carbocycles. The molecule has 0 bridgehead atoms. The summed E-state index contributed by atoms with van der Waals surface area (Å²) in [6, 6.07) is 15.2. The third-order valence-corrected chi connectivity index (χ3v) is 4.03. The third kappa shape index (κ3) is 4.29. The fraction of sp³-hybridized carbons (Fsp3) is 0.263. The molecular formula is C19H20N2O4. The number of benzene rings is 2. The minimum Gasteiger partial charge on any atom is -0.454 e. The van der Waals surface area contributed by atoms with E-state index in [-0.39, 0.29) is 19.3 Å². The number of rotatable bonds is 5. The molecule has 2 aromatic carbocycles. The van der Waals surface area contributed by atoms with Crippen molar-refractivity contribution in [1.29, 1.82) is 0 Å². The van der Waals surface area contributed by atoms with Gasteiger partial charge in [0.15, 0.2) is 11.5 Å². The Morgan fingerprint density at radius 1 is 1.00 bits per heavy atom. The Kier molecular flexibility index (Phi) is 5.18. The maximum atomic E-state index is 11.9. The standard InChI is InChI=1S/C19H20N2O4/c1-13(15-5-3-2-4-6-15)10-20-18(22)19(23)21-11-14-7-8-16-17(9-14)25-12-24-16/h2-9,13H,10-12H2,1H3,(H,20,22)(H,21,23)/t13-/m1/s1. The van der Waals surface area contributed by atoms with Crippen LogP contribution in [0.5, 0.6) is 11.5 Å². The van der Waals surface area contributed by atoms with Crippen LogP contribution in [0, 0.1) is 0 Å². The molecule has 1 aliphatic heterocycles. The van der Waals surface area contributed by atoms with Crippen LogP contribution in [0.4, 0.5) is 0 Å². The van der Waals surface area contributed by atoms with Gasteiger partial charge in [-0.25, -0.2) is 0 Å². The van der Waals surface area contributed by atoms with Crippen molar-refractivity contribution in [3.8, 4) is 11.5 Å². The van der Waals surface area contributed by atoms with Crippen LogP contribution in [-0.4, -0.2) is 25.2 Å². The summed E-state index contributed by atoms with van der Waals surface area (Å²) in [7, 11) is 0. The molecular weight excluding hydrogens is 320 g/mol. The van der Waals surface area contributed by atoms with E-state index in [1.807, 2.05) is 43.3 Å². The molecule has 6 heteroatoms. The molecule has 25 heavy (non-hydrogen) atoms. The van der Waals surface area contributed by atoms with Gasteiger partial charge in [0.05, 0.1) is 0 Å². The Labute approximate surface area is 146 Å². The lowest BCUT2D eigenvalue weighted by molar-refractivity contribution is -0.139. The number of fused-ring (bicyclic) bond motifs is 1. The molecule has 2 N–H and O–H groups in total. The van der Waals surface area contributed by atoms with E-state index in [1.54, 1.807) is 12.1 Å². The molecule has 2 aromatic rings. The summed E-state index contributed by atoms with van der Waals surface area (Å²) in [6.07, 6.45) is 0. The van der Waals surface area contributed by atoms with Gasteiger partial charge in [0.1, 0.15) is 0 Å². The summed E-state index contributed by atoms with van der Waals surface area (Å²) >= 11 is 0. The van der Waals surface area contributed by atoms with Crippen LogP contribution in [0.1, 0.15) is 24.0 Å². The zero-order valence-electron chi connectivity index (χ0n) is 14.0. The Balaban J connectivity index is 1.45. The van der Waals surface area contributed by atoms with Crippen LogP contribution in [0.2, 0.25) is 0 Å². The molecule has 2 amide bonds. The molecule has 0 fully saturated rings. The second-order valence-corrected chi connectivity index (χ2v) is 5.89. The average molecular weight is 340 g/mol. The summed E-state index contributed by atoms with van der Waals surface area (Å²) < 4.78 is 10.5. The van der Waals surface area contributed by atoms with E-state index in [9.17, 15) is 9.59 Å². The van der Waals surface area contributed by atoms with Gasteiger partial charge < -0.3 is 20.1 Å². The first kappa shape index (κ1) is 16.8. The summed E-state index contributed by atoms with van der Waals surface area (Å²) in [6.45, 7) is 2.85. The molecule has 1 aliphatic rings. The number of hydrogen-bond donors (Lipinski definition) is 2. The highest BCUT2D eigenvalue weighted by molar-refractivity contribution is 6.35. The predicted octanol–water partition coefficient (Wildman–Crippen LogP) is 1.95. The highest BCUT2D eigenvalue weighted by Crippen LogP contribution is 2.32. The minimum absolute atomic E-state index is 0.131. The van der Waals surface area contributed by atoms with Gasteiger partial charge in [0.2, 0.25) is 6.79 Å². The molecule has 6 nitrogen and oxygen atoms in total. The molecule has 0 unspecified atom stereocenters. The molecule has 1 atom stereocenters. The molecule has 1 heterocycles. The first-order chi connectivity index (χ1) is 12.1. The van der Waals surface area contributed by atoms with Crippen LogP contribution in [0.25, 0.3) is 0 Å². The van der Waals surface area contributed by atoms with Crippen LogP contribution >= 0.6 is 0 Å². The van der Waals surface area contributed by atoms with Crippen LogP contribution in [0.3, 0.4) is 0 Å². The van der Waals surface area contributed by atoms with E-state index in [0.717, 1.165) is 11.1 Å². The lowest BCUT2D eigenvalue weighted by atomic mass is 10.0.